The zero-order chi connectivity index (χ0) is 9.84. The van der Waals surface area contributed by atoms with Gasteiger partial charge in [-0.1, -0.05) is 34.9 Å². The number of halogens is 2. The molecular weight excluding hydrogens is 225 g/mol. The van der Waals surface area contributed by atoms with E-state index in [1.54, 1.807) is 0 Å². The summed E-state index contributed by atoms with van der Waals surface area (Å²) in [5.74, 6) is 0. The number of thiophene rings is 1. The SMILES string of the molecule is CNC/C(C)=C/c1cc(Cl)sc1Cl. The summed E-state index contributed by atoms with van der Waals surface area (Å²) >= 11 is 13.2. The van der Waals surface area contributed by atoms with Gasteiger partial charge in [-0.05, 0) is 20.0 Å². The summed E-state index contributed by atoms with van der Waals surface area (Å²) in [6.07, 6.45) is 2.04. The Morgan fingerprint density at radius 2 is 2.31 bits per heavy atom. The fourth-order valence-electron chi connectivity index (χ4n) is 1.05. The molecule has 4 heteroatoms. The number of hydrogen-bond acceptors (Lipinski definition) is 2. The van der Waals surface area contributed by atoms with Gasteiger partial charge in [-0.2, -0.15) is 0 Å². The van der Waals surface area contributed by atoms with Crippen LogP contribution in [-0.2, 0) is 0 Å². The smallest absolute Gasteiger partial charge is 0.102 e. The summed E-state index contributed by atoms with van der Waals surface area (Å²) in [6, 6.07) is 1.88. The molecular formula is C9H11Cl2NS. The van der Waals surface area contributed by atoms with Crippen molar-refractivity contribution in [3.05, 3.63) is 25.9 Å². The lowest BCUT2D eigenvalue weighted by molar-refractivity contribution is 0.885. The molecule has 0 aliphatic heterocycles. The van der Waals surface area contributed by atoms with Crippen molar-refractivity contribution in [2.75, 3.05) is 13.6 Å². The van der Waals surface area contributed by atoms with Crippen LogP contribution in [0.2, 0.25) is 8.67 Å². The van der Waals surface area contributed by atoms with E-state index in [2.05, 4.69) is 12.2 Å². The first kappa shape index (κ1) is 11.1. The van der Waals surface area contributed by atoms with Gasteiger partial charge < -0.3 is 5.32 Å². The van der Waals surface area contributed by atoms with Crippen molar-refractivity contribution in [2.45, 2.75) is 6.92 Å². The molecule has 1 heterocycles. The lowest BCUT2D eigenvalue weighted by atomic mass is 10.2. The molecule has 13 heavy (non-hydrogen) atoms. The first-order valence-corrected chi connectivity index (χ1v) is 5.47. The van der Waals surface area contributed by atoms with Crippen molar-refractivity contribution in [3.8, 4) is 0 Å². The Morgan fingerprint density at radius 1 is 1.62 bits per heavy atom. The van der Waals surface area contributed by atoms with E-state index in [0.717, 1.165) is 20.8 Å². The number of nitrogens with one attached hydrogen (secondary N) is 1. The standard InChI is InChI=1S/C9H11Cl2NS/c1-6(5-12-2)3-7-4-8(10)13-9(7)11/h3-4,12H,5H2,1-2H3/b6-3+. The summed E-state index contributed by atoms with van der Waals surface area (Å²) in [6.45, 7) is 2.92. The van der Waals surface area contributed by atoms with E-state index in [4.69, 9.17) is 23.2 Å². The molecule has 0 aliphatic rings. The topological polar surface area (TPSA) is 12.0 Å². The van der Waals surface area contributed by atoms with Crippen LogP contribution in [0.1, 0.15) is 12.5 Å². The summed E-state index contributed by atoms with van der Waals surface area (Å²) in [5.41, 5.74) is 2.24. The van der Waals surface area contributed by atoms with E-state index < -0.39 is 0 Å². The van der Waals surface area contributed by atoms with Gasteiger partial charge in [0.15, 0.2) is 0 Å². The summed E-state index contributed by atoms with van der Waals surface area (Å²) in [4.78, 5) is 0. The maximum atomic E-state index is 5.96. The first-order chi connectivity index (χ1) is 6.13. The summed E-state index contributed by atoms with van der Waals surface area (Å²) < 4.78 is 1.48. The highest BCUT2D eigenvalue weighted by Crippen LogP contribution is 2.32. The van der Waals surface area contributed by atoms with Crippen molar-refractivity contribution < 1.29 is 0 Å². The monoisotopic (exact) mass is 235 g/mol. The van der Waals surface area contributed by atoms with Crippen LogP contribution in [0, 0.1) is 0 Å². The van der Waals surface area contributed by atoms with Crippen LogP contribution >= 0.6 is 34.5 Å². The Kier molecular flexibility index (Phi) is 4.26. The van der Waals surface area contributed by atoms with Crippen LogP contribution in [0.4, 0.5) is 0 Å². The van der Waals surface area contributed by atoms with E-state index in [1.165, 1.54) is 16.9 Å². The molecule has 1 rings (SSSR count). The van der Waals surface area contributed by atoms with Gasteiger partial charge in [-0.15, -0.1) is 11.3 Å². The van der Waals surface area contributed by atoms with Crippen molar-refractivity contribution in [1.29, 1.82) is 0 Å². The predicted octanol–water partition coefficient (Wildman–Crippen LogP) is 3.68. The van der Waals surface area contributed by atoms with E-state index in [0.29, 0.717) is 0 Å². The Balaban J connectivity index is 2.83. The molecule has 0 amide bonds. The second kappa shape index (κ2) is 5.01. The molecule has 0 saturated carbocycles. The minimum atomic E-state index is 0.730. The van der Waals surface area contributed by atoms with Crippen LogP contribution in [0.3, 0.4) is 0 Å². The fourth-order valence-corrected chi connectivity index (χ4v) is 2.47. The third kappa shape index (κ3) is 3.31. The lowest BCUT2D eigenvalue weighted by Gasteiger charge is -1.97. The average Bonchev–Trinajstić information content (AvgIpc) is 2.30. The maximum Gasteiger partial charge on any atom is 0.102 e. The molecule has 1 aromatic rings. The van der Waals surface area contributed by atoms with Crippen LogP contribution in [-0.4, -0.2) is 13.6 Å². The van der Waals surface area contributed by atoms with Gasteiger partial charge in [0, 0.05) is 12.1 Å². The molecule has 0 spiro atoms. The summed E-state index contributed by atoms with van der Waals surface area (Å²) in [7, 11) is 1.92. The molecule has 0 atom stereocenters. The van der Waals surface area contributed by atoms with Crippen LogP contribution in [0.25, 0.3) is 6.08 Å². The van der Waals surface area contributed by atoms with Gasteiger partial charge in [0.25, 0.3) is 0 Å². The van der Waals surface area contributed by atoms with Gasteiger partial charge in [-0.3, -0.25) is 0 Å². The van der Waals surface area contributed by atoms with Crippen LogP contribution < -0.4 is 5.32 Å². The second-order valence-corrected chi connectivity index (χ2v) is 5.09. The van der Waals surface area contributed by atoms with Crippen molar-refractivity contribution in [1.82, 2.24) is 5.32 Å². The largest absolute Gasteiger partial charge is 0.316 e. The minimum absolute atomic E-state index is 0.730. The number of hydrogen-bond donors (Lipinski definition) is 1. The molecule has 1 N–H and O–H groups in total. The minimum Gasteiger partial charge on any atom is -0.316 e. The molecule has 0 saturated heterocycles. The molecule has 1 nitrogen and oxygen atoms in total. The van der Waals surface area contributed by atoms with Gasteiger partial charge in [0.05, 0.1) is 4.34 Å². The Morgan fingerprint density at radius 3 is 2.77 bits per heavy atom. The second-order valence-electron chi connectivity index (χ2n) is 2.80. The van der Waals surface area contributed by atoms with E-state index >= 15 is 0 Å². The van der Waals surface area contributed by atoms with Crippen LogP contribution in [0.5, 0.6) is 0 Å². The Labute approximate surface area is 92.4 Å². The third-order valence-electron chi connectivity index (χ3n) is 1.54. The average molecular weight is 236 g/mol. The number of likely N-dealkylation sites (N-methyl/N-ethyl adjacent to an activating group) is 1. The van der Waals surface area contributed by atoms with E-state index in [1.807, 2.05) is 19.2 Å². The molecule has 0 unspecified atom stereocenters. The van der Waals surface area contributed by atoms with Crippen molar-refractivity contribution in [3.63, 3.8) is 0 Å². The molecule has 0 fully saturated rings. The van der Waals surface area contributed by atoms with Gasteiger partial charge >= 0.3 is 0 Å². The predicted molar refractivity (Wildman–Crippen MR) is 61.9 cm³/mol. The van der Waals surface area contributed by atoms with Gasteiger partial charge in [0.2, 0.25) is 0 Å². The zero-order valence-electron chi connectivity index (χ0n) is 7.53. The zero-order valence-corrected chi connectivity index (χ0v) is 9.85. The first-order valence-electron chi connectivity index (χ1n) is 3.90. The lowest BCUT2D eigenvalue weighted by Crippen LogP contribution is -2.08. The quantitative estimate of drug-likeness (QED) is 0.844. The highest BCUT2D eigenvalue weighted by atomic mass is 35.5. The van der Waals surface area contributed by atoms with E-state index in [-0.39, 0.29) is 0 Å². The fraction of sp³-hybridized carbons (Fsp3) is 0.333. The van der Waals surface area contributed by atoms with Crippen molar-refractivity contribution in [2.24, 2.45) is 0 Å². The Hall–Kier alpha value is -0.0200. The summed E-state index contributed by atoms with van der Waals surface area (Å²) in [5, 5.41) is 3.07. The molecule has 0 radical (unpaired) electrons. The molecule has 1 aromatic heterocycles. The maximum absolute atomic E-state index is 5.96. The van der Waals surface area contributed by atoms with Gasteiger partial charge in [0.1, 0.15) is 4.34 Å². The normalized spacial score (nSPS) is 12.2. The highest BCUT2D eigenvalue weighted by Gasteiger charge is 2.02. The molecule has 0 bridgehead atoms. The molecule has 0 aliphatic carbocycles. The third-order valence-corrected chi connectivity index (χ3v) is 3.06. The van der Waals surface area contributed by atoms with Gasteiger partial charge in [-0.25, -0.2) is 0 Å². The number of rotatable bonds is 3. The molecule has 72 valence electrons. The van der Waals surface area contributed by atoms with Crippen LogP contribution in [0.15, 0.2) is 11.6 Å². The van der Waals surface area contributed by atoms with E-state index in [9.17, 15) is 0 Å². The molecule has 0 aromatic carbocycles. The Bertz CT molecular complexity index is 317. The highest BCUT2D eigenvalue weighted by molar-refractivity contribution is 7.20. The van der Waals surface area contributed by atoms with Crippen molar-refractivity contribution >= 4 is 40.6 Å².